The maximum atomic E-state index is 11.7. The summed E-state index contributed by atoms with van der Waals surface area (Å²) in [6.45, 7) is 6.38. The Morgan fingerprint density at radius 2 is 1.75 bits per heavy atom. The van der Waals surface area contributed by atoms with Gasteiger partial charge in [-0.05, 0) is 40.8 Å². The molecule has 24 heavy (non-hydrogen) atoms. The van der Waals surface area contributed by atoms with Crippen molar-refractivity contribution >= 4 is 28.1 Å². The van der Waals surface area contributed by atoms with Crippen LogP contribution in [0.3, 0.4) is 0 Å². The van der Waals surface area contributed by atoms with Crippen LogP contribution < -0.4 is 10.2 Å². The van der Waals surface area contributed by atoms with Gasteiger partial charge in [-0.3, -0.25) is 4.79 Å². The first kappa shape index (κ1) is 18.2. The van der Waals surface area contributed by atoms with Crippen molar-refractivity contribution in [2.24, 2.45) is 5.10 Å². The van der Waals surface area contributed by atoms with Crippen LogP contribution in [-0.2, 0) is 10.2 Å². The lowest BCUT2D eigenvalue weighted by molar-refractivity contribution is -0.123. The van der Waals surface area contributed by atoms with Crippen molar-refractivity contribution in [2.75, 3.05) is 6.61 Å². The molecule has 0 aliphatic carbocycles. The van der Waals surface area contributed by atoms with Crippen LogP contribution in [0.25, 0.3) is 0 Å². The van der Waals surface area contributed by atoms with Gasteiger partial charge >= 0.3 is 0 Å². The minimum atomic E-state index is -0.303. The van der Waals surface area contributed by atoms with Crippen molar-refractivity contribution in [3.05, 3.63) is 64.1 Å². The van der Waals surface area contributed by atoms with Crippen molar-refractivity contribution in [1.82, 2.24) is 5.43 Å². The van der Waals surface area contributed by atoms with Crippen LogP contribution >= 0.6 is 15.9 Å². The summed E-state index contributed by atoms with van der Waals surface area (Å²) in [5.74, 6) is 0.360. The number of hydrogen-bond acceptors (Lipinski definition) is 3. The molecule has 0 saturated carbocycles. The number of nitrogens with zero attached hydrogens (tertiary/aromatic N) is 1. The van der Waals surface area contributed by atoms with Gasteiger partial charge in [-0.15, -0.1) is 0 Å². The highest BCUT2D eigenvalue weighted by atomic mass is 79.9. The average molecular weight is 389 g/mol. The highest BCUT2D eigenvalue weighted by molar-refractivity contribution is 9.10. The second-order valence-electron chi connectivity index (χ2n) is 6.41. The lowest BCUT2D eigenvalue weighted by Crippen LogP contribution is -2.24. The summed E-state index contributed by atoms with van der Waals surface area (Å²) >= 11 is 3.36. The summed E-state index contributed by atoms with van der Waals surface area (Å²) < 4.78 is 6.46. The lowest BCUT2D eigenvalue weighted by atomic mass is 9.87. The van der Waals surface area contributed by atoms with Crippen molar-refractivity contribution in [3.63, 3.8) is 0 Å². The van der Waals surface area contributed by atoms with E-state index in [9.17, 15) is 4.79 Å². The first-order valence-electron chi connectivity index (χ1n) is 7.65. The third kappa shape index (κ3) is 5.81. The number of nitrogens with one attached hydrogen (secondary N) is 1. The second kappa shape index (κ2) is 8.11. The molecule has 2 rings (SSSR count). The molecule has 1 amide bonds. The van der Waals surface area contributed by atoms with E-state index in [-0.39, 0.29) is 17.9 Å². The van der Waals surface area contributed by atoms with Gasteiger partial charge in [0.05, 0.1) is 6.21 Å². The SMILES string of the molecule is CC(C)(C)c1ccc(OCC(=O)NN=Cc2ccc(Br)cc2)cc1. The summed E-state index contributed by atoms with van der Waals surface area (Å²) in [6.07, 6.45) is 1.59. The average Bonchev–Trinajstić information content (AvgIpc) is 2.54. The molecule has 0 atom stereocenters. The second-order valence-corrected chi connectivity index (χ2v) is 7.32. The molecule has 1 N–H and O–H groups in total. The molecule has 0 aliphatic heterocycles. The zero-order valence-corrected chi connectivity index (χ0v) is 15.6. The number of hydrazone groups is 1. The Balaban J connectivity index is 1.79. The van der Waals surface area contributed by atoms with Crippen LogP contribution in [0.2, 0.25) is 0 Å². The van der Waals surface area contributed by atoms with Crippen molar-refractivity contribution in [1.29, 1.82) is 0 Å². The molecule has 5 heteroatoms. The smallest absolute Gasteiger partial charge is 0.277 e. The summed E-state index contributed by atoms with van der Waals surface area (Å²) in [5.41, 5.74) is 4.66. The van der Waals surface area contributed by atoms with Gasteiger partial charge in [-0.25, -0.2) is 5.43 Å². The summed E-state index contributed by atoms with van der Waals surface area (Å²) in [5, 5.41) is 3.91. The van der Waals surface area contributed by atoms with Crippen molar-refractivity contribution in [3.8, 4) is 5.75 Å². The first-order valence-corrected chi connectivity index (χ1v) is 8.45. The molecule has 0 heterocycles. The molecule has 0 fully saturated rings. The van der Waals surface area contributed by atoms with Gasteiger partial charge < -0.3 is 4.74 Å². The Morgan fingerprint density at radius 1 is 1.12 bits per heavy atom. The van der Waals surface area contributed by atoms with Crippen molar-refractivity contribution in [2.45, 2.75) is 26.2 Å². The van der Waals surface area contributed by atoms with E-state index in [0.29, 0.717) is 5.75 Å². The molecule has 0 spiro atoms. The van der Waals surface area contributed by atoms with E-state index in [1.807, 2.05) is 48.5 Å². The predicted molar refractivity (Wildman–Crippen MR) is 101 cm³/mol. The molecular formula is C19H21BrN2O2. The molecule has 2 aromatic rings. The Kier molecular flexibility index (Phi) is 6.15. The monoisotopic (exact) mass is 388 g/mol. The molecule has 2 aromatic carbocycles. The fourth-order valence-corrected chi connectivity index (χ4v) is 2.22. The maximum Gasteiger partial charge on any atom is 0.277 e. The van der Waals surface area contributed by atoms with E-state index in [1.165, 1.54) is 5.56 Å². The Hall–Kier alpha value is -2.14. The van der Waals surface area contributed by atoms with Crippen LogP contribution in [0.1, 0.15) is 31.9 Å². The van der Waals surface area contributed by atoms with E-state index in [1.54, 1.807) is 6.21 Å². The predicted octanol–water partition coefficient (Wildman–Crippen LogP) is 4.28. The van der Waals surface area contributed by atoms with Crippen LogP contribution in [0.4, 0.5) is 0 Å². The zero-order chi connectivity index (χ0) is 17.6. The normalized spacial score (nSPS) is 11.5. The van der Waals surface area contributed by atoms with Crippen molar-refractivity contribution < 1.29 is 9.53 Å². The number of carbonyl (C=O) groups excluding carboxylic acids is 1. The summed E-state index contributed by atoms with van der Waals surface area (Å²) in [6, 6.07) is 15.4. The number of ether oxygens (including phenoxy) is 1. The van der Waals surface area contributed by atoms with Gasteiger partial charge in [0.1, 0.15) is 5.75 Å². The number of amides is 1. The first-order chi connectivity index (χ1) is 11.3. The molecule has 0 radical (unpaired) electrons. The number of benzene rings is 2. The minimum Gasteiger partial charge on any atom is -0.484 e. The van der Waals surface area contributed by atoms with E-state index in [4.69, 9.17) is 4.74 Å². The van der Waals surface area contributed by atoms with E-state index in [2.05, 4.69) is 47.2 Å². The van der Waals surface area contributed by atoms with Gasteiger partial charge in [0.2, 0.25) is 0 Å². The molecule has 4 nitrogen and oxygen atoms in total. The van der Waals surface area contributed by atoms with E-state index < -0.39 is 0 Å². The van der Waals surface area contributed by atoms with Crippen LogP contribution in [0, 0.1) is 0 Å². The van der Waals surface area contributed by atoms with Gasteiger partial charge in [0.15, 0.2) is 6.61 Å². The van der Waals surface area contributed by atoms with Gasteiger partial charge in [0.25, 0.3) is 5.91 Å². The Labute approximate surface area is 151 Å². The molecule has 0 aromatic heterocycles. The number of carbonyl (C=O) groups is 1. The Morgan fingerprint density at radius 3 is 2.33 bits per heavy atom. The van der Waals surface area contributed by atoms with Crippen LogP contribution in [-0.4, -0.2) is 18.7 Å². The lowest BCUT2D eigenvalue weighted by Gasteiger charge is -2.19. The fourth-order valence-electron chi connectivity index (χ4n) is 1.96. The van der Waals surface area contributed by atoms with Gasteiger partial charge in [0, 0.05) is 4.47 Å². The summed E-state index contributed by atoms with van der Waals surface area (Å²) in [7, 11) is 0. The van der Waals surface area contributed by atoms with Gasteiger partial charge in [-0.1, -0.05) is 61.0 Å². The topological polar surface area (TPSA) is 50.7 Å². The van der Waals surface area contributed by atoms with Crippen LogP contribution in [0.15, 0.2) is 58.1 Å². The highest BCUT2D eigenvalue weighted by Crippen LogP contribution is 2.24. The highest BCUT2D eigenvalue weighted by Gasteiger charge is 2.13. The number of rotatable bonds is 5. The Bertz CT molecular complexity index is 702. The number of halogens is 1. The molecule has 0 unspecified atom stereocenters. The molecule has 0 saturated heterocycles. The van der Waals surface area contributed by atoms with E-state index >= 15 is 0 Å². The molecule has 126 valence electrons. The quantitative estimate of drug-likeness (QED) is 0.613. The fraction of sp³-hybridized carbons (Fsp3) is 0.263. The zero-order valence-electron chi connectivity index (χ0n) is 14.0. The molecule has 0 aliphatic rings. The largest absolute Gasteiger partial charge is 0.484 e. The maximum absolute atomic E-state index is 11.7. The van der Waals surface area contributed by atoms with Crippen LogP contribution in [0.5, 0.6) is 5.75 Å². The minimum absolute atomic E-state index is 0.0768. The van der Waals surface area contributed by atoms with Gasteiger partial charge in [-0.2, -0.15) is 5.10 Å². The third-order valence-corrected chi connectivity index (χ3v) is 3.89. The summed E-state index contributed by atoms with van der Waals surface area (Å²) in [4.78, 5) is 11.7. The number of hydrogen-bond donors (Lipinski definition) is 1. The molecular weight excluding hydrogens is 368 g/mol. The standard InChI is InChI=1S/C19H21BrN2O2/c1-19(2,3)15-6-10-17(11-7-15)24-13-18(23)22-21-12-14-4-8-16(20)9-5-14/h4-12H,13H2,1-3H3,(H,22,23). The van der Waals surface area contributed by atoms with E-state index in [0.717, 1.165) is 10.0 Å². The third-order valence-electron chi connectivity index (χ3n) is 3.36. The molecule has 0 bridgehead atoms.